The van der Waals surface area contributed by atoms with E-state index < -0.39 is 97.5 Å². The minimum atomic E-state index is -4.95. The Balaban J connectivity index is 5.12. The molecule has 0 fully saturated rings. The van der Waals surface area contributed by atoms with Crippen molar-refractivity contribution >= 4 is 39.5 Å². The van der Waals surface area contributed by atoms with Gasteiger partial charge in [-0.05, 0) is 37.5 Å². The average Bonchev–Trinajstić information content (AvgIpc) is 3.33. The normalized spacial score (nSPS) is 14.1. The van der Waals surface area contributed by atoms with Crippen LogP contribution in [-0.4, -0.2) is 96.7 Å². The summed E-state index contributed by atoms with van der Waals surface area (Å²) in [5.74, 6) is -0.782. The summed E-state index contributed by atoms with van der Waals surface area (Å²) < 4.78 is 68.2. The summed E-state index contributed by atoms with van der Waals surface area (Å²) in [5, 5.41) is 10.6. The highest BCUT2D eigenvalue weighted by Gasteiger charge is 2.30. The van der Waals surface area contributed by atoms with Crippen LogP contribution in [0.1, 0.15) is 369 Å². The maximum atomic E-state index is 13.0. The first-order chi connectivity index (χ1) is 43.9. The van der Waals surface area contributed by atoms with E-state index in [1.165, 1.54) is 180 Å². The number of hydrogen-bond acceptors (Lipinski definition) is 15. The summed E-state index contributed by atoms with van der Waals surface area (Å²) in [6.07, 6.45) is 50.5. The largest absolute Gasteiger partial charge is 0.472 e. The Kier molecular flexibility index (Phi) is 62.7. The number of unbranched alkanes of at least 4 members (excludes halogenated alkanes) is 41. The van der Waals surface area contributed by atoms with Crippen molar-refractivity contribution in [2.24, 2.45) is 11.8 Å². The number of ether oxygens (including phenoxy) is 4. The highest BCUT2D eigenvalue weighted by molar-refractivity contribution is 7.47. The summed E-state index contributed by atoms with van der Waals surface area (Å²) in [5.41, 5.74) is 0. The minimum Gasteiger partial charge on any atom is -0.462 e. The molecule has 17 nitrogen and oxygen atoms in total. The molecule has 3 N–H and O–H groups in total. The highest BCUT2D eigenvalue weighted by atomic mass is 31.2. The Labute approximate surface area is 556 Å². The van der Waals surface area contributed by atoms with Crippen molar-refractivity contribution < 1.29 is 80.2 Å². The molecule has 540 valence electrons. The minimum absolute atomic E-state index is 0.101. The van der Waals surface area contributed by atoms with Gasteiger partial charge in [-0.15, -0.1) is 0 Å². The summed E-state index contributed by atoms with van der Waals surface area (Å²) in [4.78, 5) is 72.4. The molecule has 91 heavy (non-hydrogen) atoms. The molecule has 0 aromatic carbocycles. The van der Waals surface area contributed by atoms with Gasteiger partial charge in [0, 0.05) is 25.7 Å². The summed E-state index contributed by atoms with van der Waals surface area (Å²) >= 11 is 0. The lowest BCUT2D eigenvalue weighted by Crippen LogP contribution is -2.30. The van der Waals surface area contributed by atoms with Crippen molar-refractivity contribution in [2.45, 2.75) is 387 Å². The molecule has 0 bridgehead atoms. The fourth-order valence-corrected chi connectivity index (χ4v) is 12.5. The second-order valence-electron chi connectivity index (χ2n) is 26.9. The third-order valence-electron chi connectivity index (χ3n) is 16.7. The molecule has 0 aliphatic carbocycles. The van der Waals surface area contributed by atoms with Crippen LogP contribution in [0.4, 0.5) is 0 Å². The van der Waals surface area contributed by atoms with Crippen molar-refractivity contribution in [1.82, 2.24) is 0 Å². The molecular weight excluding hydrogens is 1200 g/mol. The molecule has 0 saturated carbocycles. The number of carbonyl (C=O) groups is 4. The molecule has 0 saturated heterocycles. The first-order valence-corrected chi connectivity index (χ1v) is 40.5. The fourth-order valence-electron chi connectivity index (χ4n) is 10.9. The first-order valence-electron chi connectivity index (χ1n) is 37.5. The molecule has 0 amide bonds. The Bertz CT molecular complexity index is 1770. The van der Waals surface area contributed by atoms with Gasteiger partial charge in [0.1, 0.15) is 19.3 Å². The SMILES string of the molecule is CCCCCCCCCCCCCCCCCCCCCCCCC(=O)O[C@H](COC(=O)CCCCCCCCCCCCC)COP(=O)(O)OC[C@@H](O)COP(=O)(O)OC[C@@H](COC(=O)CCCCCCCCC(C)C)OC(=O)CCCCCCCCC(C)C. The van der Waals surface area contributed by atoms with Crippen LogP contribution in [0.3, 0.4) is 0 Å². The molecule has 0 aliphatic heterocycles. The molecule has 0 aromatic rings. The van der Waals surface area contributed by atoms with E-state index in [-0.39, 0.29) is 25.7 Å². The zero-order valence-corrected chi connectivity index (χ0v) is 60.9. The van der Waals surface area contributed by atoms with E-state index in [0.29, 0.717) is 37.5 Å². The number of rotatable bonds is 71. The van der Waals surface area contributed by atoms with Crippen molar-refractivity contribution in [3.63, 3.8) is 0 Å². The van der Waals surface area contributed by atoms with Gasteiger partial charge < -0.3 is 33.8 Å². The zero-order valence-electron chi connectivity index (χ0n) is 59.1. The first kappa shape index (κ1) is 89.1. The molecule has 0 spiro atoms. The number of hydrogen-bond donors (Lipinski definition) is 3. The van der Waals surface area contributed by atoms with Gasteiger partial charge in [0.2, 0.25) is 0 Å². The third-order valence-corrected chi connectivity index (χ3v) is 18.6. The van der Waals surface area contributed by atoms with Crippen molar-refractivity contribution in [1.29, 1.82) is 0 Å². The fraction of sp³-hybridized carbons (Fsp3) is 0.944. The molecule has 0 aliphatic rings. The van der Waals surface area contributed by atoms with Crippen LogP contribution in [0.15, 0.2) is 0 Å². The summed E-state index contributed by atoms with van der Waals surface area (Å²) in [6.45, 7) is 9.37. The Hall–Kier alpha value is -1.94. The van der Waals surface area contributed by atoms with Crippen molar-refractivity contribution in [3.8, 4) is 0 Å². The zero-order chi connectivity index (χ0) is 67.2. The maximum absolute atomic E-state index is 13.0. The monoisotopic (exact) mass is 1340 g/mol. The van der Waals surface area contributed by atoms with Crippen LogP contribution < -0.4 is 0 Å². The second-order valence-corrected chi connectivity index (χ2v) is 29.8. The molecule has 0 aromatic heterocycles. The average molecular weight is 1340 g/mol. The van der Waals surface area contributed by atoms with Crippen LogP contribution >= 0.6 is 15.6 Å². The number of esters is 4. The van der Waals surface area contributed by atoms with Gasteiger partial charge in [-0.3, -0.25) is 37.3 Å². The molecule has 0 radical (unpaired) electrons. The predicted octanol–water partition coefficient (Wildman–Crippen LogP) is 20.8. The number of phosphoric acid groups is 2. The number of aliphatic hydroxyl groups excluding tert-OH is 1. The number of carbonyl (C=O) groups excluding carboxylic acids is 4. The standard InChI is InChI=1S/C72H140O17P2/c1-7-9-11-13-15-17-19-20-21-22-23-24-25-26-27-28-29-31-33-35-44-50-56-71(76)88-67(60-82-69(74)54-48-42-34-32-30-18-16-14-12-10-8-2)62-86-90(78,79)84-58-66(73)59-85-91(80,81)87-63-68(89-72(77)57-51-45-39-37-41-47-53-65(5)6)61-83-70(75)55-49-43-38-36-40-46-52-64(3)4/h64-68,73H,7-63H2,1-6H3,(H,78,79)(H,80,81)/t66-,67-,68-/m1/s1. The third kappa shape index (κ3) is 66.5. The van der Waals surface area contributed by atoms with Crippen LogP contribution in [0, 0.1) is 11.8 Å². The van der Waals surface area contributed by atoms with E-state index in [2.05, 4.69) is 41.5 Å². The molecule has 5 atom stereocenters. The second kappa shape index (κ2) is 64.1. The predicted molar refractivity (Wildman–Crippen MR) is 368 cm³/mol. The van der Waals surface area contributed by atoms with Gasteiger partial charge >= 0.3 is 39.5 Å². The molecular formula is C72H140O17P2. The molecule has 0 heterocycles. The van der Waals surface area contributed by atoms with Gasteiger partial charge in [-0.1, -0.05) is 318 Å². The molecule has 2 unspecified atom stereocenters. The van der Waals surface area contributed by atoms with Crippen molar-refractivity contribution in [2.75, 3.05) is 39.6 Å². The Morgan fingerprint density at radius 1 is 0.297 bits per heavy atom. The summed E-state index contributed by atoms with van der Waals surface area (Å²) in [7, 11) is -9.90. The van der Waals surface area contributed by atoms with Crippen LogP contribution in [-0.2, 0) is 65.4 Å². The molecule has 19 heteroatoms. The number of phosphoric ester groups is 2. The maximum Gasteiger partial charge on any atom is 0.472 e. The van der Waals surface area contributed by atoms with E-state index in [9.17, 15) is 43.2 Å². The lowest BCUT2D eigenvalue weighted by Gasteiger charge is -2.21. The van der Waals surface area contributed by atoms with Gasteiger partial charge in [0.15, 0.2) is 12.2 Å². The lowest BCUT2D eigenvalue weighted by atomic mass is 10.0. The number of aliphatic hydroxyl groups is 1. The Morgan fingerprint density at radius 2 is 0.505 bits per heavy atom. The van der Waals surface area contributed by atoms with Gasteiger partial charge in [0.25, 0.3) is 0 Å². The lowest BCUT2D eigenvalue weighted by molar-refractivity contribution is -0.161. The van der Waals surface area contributed by atoms with Crippen LogP contribution in [0.5, 0.6) is 0 Å². The van der Waals surface area contributed by atoms with E-state index >= 15 is 0 Å². The van der Waals surface area contributed by atoms with E-state index in [4.69, 9.17) is 37.0 Å². The van der Waals surface area contributed by atoms with Crippen LogP contribution in [0.2, 0.25) is 0 Å². The van der Waals surface area contributed by atoms with Crippen molar-refractivity contribution in [3.05, 3.63) is 0 Å². The quantitative estimate of drug-likeness (QED) is 0.0222. The highest BCUT2D eigenvalue weighted by Crippen LogP contribution is 2.45. The topological polar surface area (TPSA) is 237 Å². The van der Waals surface area contributed by atoms with E-state index in [1.807, 2.05) is 0 Å². The van der Waals surface area contributed by atoms with E-state index in [1.54, 1.807) is 0 Å². The van der Waals surface area contributed by atoms with E-state index in [0.717, 1.165) is 96.3 Å². The van der Waals surface area contributed by atoms with Gasteiger partial charge in [-0.2, -0.15) is 0 Å². The Morgan fingerprint density at radius 3 is 0.747 bits per heavy atom. The smallest absolute Gasteiger partial charge is 0.462 e. The van der Waals surface area contributed by atoms with Crippen LogP contribution in [0.25, 0.3) is 0 Å². The van der Waals surface area contributed by atoms with Gasteiger partial charge in [-0.25, -0.2) is 9.13 Å². The summed E-state index contributed by atoms with van der Waals surface area (Å²) in [6, 6.07) is 0. The molecule has 0 rings (SSSR count). The van der Waals surface area contributed by atoms with Gasteiger partial charge in [0.05, 0.1) is 26.4 Å².